The largest absolute Gasteiger partial charge is 0.497 e. The number of nitrogens with one attached hydrogen (secondary N) is 1. The van der Waals surface area contributed by atoms with Crippen molar-refractivity contribution < 1.29 is 17.9 Å². The lowest BCUT2D eigenvalue weighted by molar-refractivity contribution is 0.313. The highest BCUT2D eigenvalue weighted by Crippen LogP contribution is 2.31. The molecule has 1 fully saturated rings. The van der Waals surface area contributed by atoms with Gasteiger partial charge < -0.3 is 24.6 Å². The van der Waals surface area contributed by atoms with Crippen molar-refractivity contribution in [3.63, 3.8) is 0 Å². The Morgan fingerprint density at radius 2 is 1.69 bits per heavy atom. The number of likely N-dealkylation sites (N-methyl/N-ethyl adjacent to an activating group) is 1. The van der Waals surface area contributed by atoms with Crippen molar-refractivity contribution >= 4 is 38.4 Å². The first-order chi connectivity index (χ1) is 17.4. The van der Waals surface area contributed by atoms with Gasteiger partial charge >= 0.3 is 0 Å². The van der Waals surface area contributed by atoms with Crippen LogP contribution < -0.4 is 19.7 Å². The number of piperazine rings is 1. The fourth-order valence-corrected chi connectivity index (χ4v) is 5.67. The summed E-state index contributed by atoms with van der Waals surface area (Å²) in [5, 5.41) is 3.77. The van der Waals surface area contributed by atoms with E-state index in [1.165, 1.54) is 26.5 Å². The van der Waals surface area contributed by atoms with Crippen molar-refractivity contribution in [1.82, 2.24) is 18.8 Å². The summed E-state index contributed by atoms with van der Waals surface area (Å²) in [7, 11) is 1.01. The summed E-state index contributed by atoms with van der Waals surface area (Å²) in [6.45, 7) is 4.06. The van der Waals surface area contributed by atoms with Gasteiger partial charge in [-0.05, 0) is 49.5 Å². The molecular formula is C25H28N6O4S. The van der Waals surface area contributed by atoms with E-state index < -0.39 is 10.0 Å². The second-order valence-corrected chi connectivity index (χ2v) is 10.4. The summed E-state index contributed by atoms with van der Waals surface area (Å²) in [6, 6.07) is 14.4. The quantitative estimate of drug-likeness (QED) is 0.403. The number of ether oxygens (including phenoxy) is 2. The van der Waals surface area contributed by atoms with Crippen LogP contribution in [0.2, 0.25) is 0 Å². The topological polar surface area (TPSA) is 102 Å². The second kappa shape index (κ2) is 9.67. The Balaban J connectivity index is 1.43. The van der Waals surface area contributed by atoms with E-state index in [1.54, 1.807) is 24.4 Å². The molecule has 1 saturated heterocycles. The van der Waals surface area contributed by atoms with Gasteiger partial charge in [0, 0.05) is 61.4 Å². The number of anilines is 3. The van der Waals surface area contributed by atoms with E-state index in [-0.39, 0.29) is 16.3 Å². The highest BCUT2D eigenvalue weighted by Gasteiger charge is 2.25. The Bertz CT molecular complexity index is 1480. The fraction of sp³-hybridized carbons (Fsp3) is 0.280. The number of hydrogen-bond acceptors (Lipinski definition) is 9. The summed E-state index contributed by atoms with van der Waals surface area (Å²) < 4.78 is 38.8. The molecule has 2 aromatic carbocycles. The molecule has 10 nitrogen and oxygen atoms in total. The third kappa shape index (κ3) is 4.54. The third-order valence-electron chi connectivity index (χ3n) is 6.29. The number of aromatic nitrogens is 3. The predicted octanol–water partition coefficient (Wildman–Crippen LogP) is 3.18. The van der Waals surface area contributed by atoms with E-state index in [0.29, 0.717) is 17.1 Å². The average molecular weight is 509 g/mol. The summed E-state index contributed by atoms with van der Waals surface area (Å²) in [4.78, 5) is 13.5. The zero-order chi connectivity index (χ0) is 25.3. The molecule has 5 rings (SSSR count). The van der Waals surface area contributed by atoms with Gasteiger partial charge in [0.2, 0.25) is 5.95 Å². The minimum absolute atomic E-state index is 0.0190. The van der Waals surface area contributed by atoms with Crippen LogP contribution in [-0.2, 0) is 10.0 Å². The van der Waals surface area contributed by atoms with Gasteiger partial charge in [-0.3, -0.25) is 0 Å². The number of benzene rings is 2. The molecule has 0 radical (unpaired) electrons. The molecule has 0 saturated carbocycles. The third-order valence-corrected chi connectivity index (χ3v) is 7.98. The lowest BCUT2D eigenvalue weighted by Crippen LogP contribution is -2.44. The number of methoxy groups -OCH3 is 2. The van der Waals surface area contributed by atoms with Crippen LogP contribution in [0.3, 0.4) is 0 Å². The van der Waals surface area contributed by atoms with Crippen molar-refractivity contribution in [2.45, 2.75) is 4.90 Å². The Labute approximate surface area is 210 Å². The first-order valence-electron chi connectivity index (χ1n) is 11.5. The van der Waals surface area contributed by atoms with Crippen LogP contribution in [0.25, 0.3) is 11.0 Å². The van der Waals surface area contributed by atoms with Gasteiger partial charge in [-0.2, -0.15) is 4.98 Å². The molecule has 0 bridgehead atoms. The summed E-state index contributed by atoms with van der Waals surface area (Å²) in [5.74, 6) is 0.913. The van der Waals surface area contributed by atoms with E-state index >= 15 is 0 Å². The van der Waals surface area contributed by atoms with Crippen molar-refractivity contribution in [3.05, 3.63) is 60.9 Å². The summed E-state index contributed by atoms with van der Waals surface area (Å²) in [5.41, 5.74) is 2.23. The lowest BCUT2D eigenvalue weighted by atomic mass is 10.2. The van der Waals surface area contributed by atoms with Crippen molar-refractivity contribution in [3.8, 4) is 11.5 Å². The van der Waals surface area contributed by atoms with Crippen LogP contribution >= 0.6 is 0 Å². The van der Waals surface area contributed by atoms with Gasteiger partial charge in [-0.15, -0.1) is 0 Å². The molecule has 36 heavy (non-hydrogen) atoms. The SMILES string of the molecule is COc1ccc(OC)c(S(=O)(=O)n2ccc3cnc(Nc4ccc(N5CCN(C)CC5)cc4)nc32)c1. The van der Waals surface area contributed by atoms with E-state index in [4.69, 9.17) is 9.47 Å². The molecule has 188 valence electrons. The van der Waals surface area contributed by atoms with Crippen LogP contribution in [0.1, 0.15) is 0 Å². The maximum absolute atomic E-state index is 13.6. The van der Waals surface area contributed by atoms with Crippen LogP contribution in [0.15, 0.2) is 65.8 Å². The highest BCUT2D eigenvalue weighted by molar-refractivity contribution is 7.90. The Morgan fingerprint density at radius 3 is 2.39 bits per heavy atom. The first kappa shape index (κ1) is 23.9. The van der Waals surface area contributed by atoms with Crippen LogP contribution in [0.5, 0.6) is 11.5 Å². The van der Waals surface area contributed by atoms with E-state index in [0.717, 1.165) is 41.5 Å². The van der Waals surface area contributed by atoms with Crippen LogP contribution in [0.4, 0.5) is 17.3 Å². The Morgan fingerprint density at radius 1 is 0.944 bits per heavy atom. The zero-order valence-electron chi connectivity index (χ0n) is 20.4. The fourth-order valence-electron chi connectivity index (χ4n) is 4.19. The molecule has 0 spiro atoms. The minimum Gasteiger partial charge on any atom is -0.497 e. The normalized spacial score (nSPS) is 14.7. The molecule has 0 unspecified atom stereocenters. The van der Waals surface area contributed by atoms with Gasteiger partial charge in [-0.25, -0.2) is 17.4 Å². The number of hydrogen-bond donors (Lipinski definition) is 1. The molecule has 1 aliphatic rings. The average Bonchev–Trinajstić information content (AvgIpc) is 3.33. The Hall–Kier alpha value is -3.83. The van der Waals surface area contributed by atoms with Gasteiger partial charge in [0.1, 0.15) is 16.4 Å². The number of rotatable bonds is 7. The molecule has 2 aromatic heterocycles. The molecule has 0 aliphatic carbocycles. The summed E-state index contributed by atoms with van der Waals surface area (Å²) in [6.07, 6.45) is 3.06. The van der Waals surface area contributed by atoms with E-state index in [9.17, 15) is 8.42 Å². The van der Waals surface area contributed by atoms with Gasteiger partial charge in [-0.1, -0.05) is 0 Å². The second-order valence-electron chi connectivity index (χ2n) is 8.57. The molecule has 0 amide bonds. The maximum atomic E-state index is 13.6. The number of nitrogens with zero attached hydrogens (tertiary/aromatic N) is 5. The molecule has 3 heterocycles. The number of fused-ring (bicyclic) bond motifs is 1. The van der Waals surface area contributed by atoms with Crippen LogP contribution in [-0.4, -0.2) is 74.7 Å². The van der Waals surface area contributed by atoms with Gasteiger partial charge in [0.25, 0.3) is 10.0 Å². The minimum atomic E-state index is -4.02. The van der Waals surface area contributed by atoms with Crippen molar-refractivity contribution in [1.29, 1.82) is 0 Å². The predicted molar refractivity (Wildman–Crippen MR) is 139 cm³/mol. The highest BCUT2D eigenvalue weighted by atomic mass is 32.2. The monoisotopic (exact) mass is 508 g/mol. The summed E-state index contributed by atoms with van der Waals surface area (Å²) >= 11 is 0. The maximum Gasteiger partial charge on any atom is 0.273 e. The van der Waals surface area contributed by atoms with Crippen molar-refractivity contribution in [2.75, 3.05) is 57.7 Å². The first-order valence-corrected chi connectivity index (χ1v) is 13.0. The van der Waals surface area contributed by atoms with Crippen LogP contribution in [0, 0.1) is 0 Å². The van der Waals surface area contributed by atoms with Gasteiger partial charge in [0.15, 0.2) is 5.65 Å². The zero-order valence-corrected chi connectivity index (χ0v) is 21.2. The van der Waals surface area contributed by atoms with Crippen molar-refractivity contribution in [2.24, 2.45) is 0 Å². The molecule has 4 aromatic rings. The standard InChI is InChI=1S/C25H28N6O4S/c1-29-12-14-30(15-13-29)20-6-4-19(5-7-20)27-25-26-17-18-10-11-31(24(18)28-25)36(32,33)23-16-21(34-2)8-9-22(23)35-3/h4-11,16-17H,12-15H2,1-3H3,(H,26,27,28). The molecular weight excluding hydrogens is 480 g/mol. The molecule has 0 atom stereocenters. The molecule has 1 aliphatic heterocycles. The Kier molecular flexibility index (Phi) is 6.42. The van der Waals surface area contributed by atoms with Gasteiger partial charge in [0.05, 0.1) is 14.2 Å². The lowest BCUT2D eigenvalue weighted by Gasteiger charge is -2.34. The molecule has 11 heteroatoms. The smallest absolute Gasteiger partial charge is 0.273 e. The molecule has 1 N–H and O–H groups in total. The van der Waals surface area contributed by atoms with E-state index in [2.05, 4.69) is 44.3 Å². The van der Waals surface area contributed by atoms with E-state index in [1.807, 2.05) is 12.1 Å².